The molecule has 0 atom stereocenters. The minimum atomic E-state index is -3.44. The van der Waals surface area contributed by atoms with Crippen LogP contribution in [-0.4, -0.2) is 36.0 Å². The number of rotatable bonds is 6. The van der Waals surface area contributed by atoms with Gasteiger partial charge in [-0.1, -0.05) is 0 Å². The highest BCUT2D eigenvalue weighted by Crippen LogP contribution is 2.34. The highest BCUT2D eigenvalue weighted by atomic mass is 32.2. The number of sulfone groups is 1. The number of benzene rings is 1. The lowest BCUT2D eigenvalue weighted by atomic mass is 10.2. The van der Waals surface area contributed by atoms with Crippen LogP contribution in [0.4, 0.5) is 0 Å². The minimum Gasteiger partial charge on any atom is -0.496 e. The third-order valence-corrected chi connectivity index (χ3v) is 3.57. The molecule has 0 unspecified atom stereocenters. The average molecular weight is 275 g/mol. The van der Waals surface area contributed by atoms with Crippen LogP contribution in [0.2, 0.25) is 0 Å². The van der Waals surface area contributed by atoms with Gasteiger partial charge in [-0.3, -0.25) is 0 Å². The Labute approximate surface area is 107 Å². The molecule has 1 aromatic rings. The minimum absolute atomic E-state index is 0.105. The van der Waals surface area contributed by atoms with E-state index in [1.165, 1.54) is 21.3 Å². The quantitative estimate of drug-likeness (QED) is 0.773. The van der Waals surface area contributed by atoms with E-state index in [2.05, 4.69) is 5.48 Å². The molecular formula is C11H17NO5S. The van der Waals surface area contributed by atoms with Gasteiger partial charge in [0.25, 0.3) is 0 Å². The van der Waals surface area contributed by atoms with Gasteiger partial charge < -0.3 is 14.3 Å². The first-order chi connectivity index (χ1) is 8.45. The summed E-state index contributed by atoms with van der Waals surface area (Å²) in [5, 5.41) is 0. The van der Waals surface area contributed by atoms with Crippen LogP contribution < -0.4 is 15.0 Å². The second-order valence-corrected chi connectivity index (χ2v) is 5.53. The van der Waals surface area contributed by atoms with Crippen molar-refractivity contribution in [3.63, 3.8) is 0 Å². The average Bonchev–Trinajstić information content (AvgIpc) is 2.33. The first-order valence-electron chi connectivity index (χ1n) is 5.15. The van der Waals surface area contributed by atoms with Crippen molar-refractivity contribution in [3.05, 3.63) is 17.7 Å². The molecule has 0 radical (unpaired) electrons. The summed E-state index contributed by atoms with van der Waals surface area (Å²) in [5.41, 5.74) is 3.08. The Morgan fingerprint density at radius 3 is 2.11 bits per heavy atom. The Hall–Kier alpha value is -1.31. The first kappa shape index (κ1) is 14.7. The van der Waals surface area contributed by atoms with Crippen molar-refractivity contribution in [2.75, 3.05) is 27.6 Å². The van der Waals surface area contributed by atoms with Gasteiger partial charge in [-0.2, -0.15) is 5.48 Å². The van der Waals surface area contributed by atoms with Crippen LogP contribution in [0.3, 0.4) is 0 Å². The molecule has 0 aliphatic heterocycles. The zero-order chi connectivity index (χ0) is 13.8. The van der Waals surface area contributed by atoms with Gasteiger partial charge in [-0.15, -0.1) is 0 Å². The van der Waals surface area contributed by atoms with Gasteiger partial charge in [0, 0.05) is 11.8 Å². The molecule has 0 aliphatic carbocycles. The van der Waals surface area contributed by atoms with Gasteiger partial charge in [-0.25, -0.2) is 8.42 Å². The van der Waals surface area contributed by atoms with E-state index in [1.807, 2.05) is 0 Å². The van der Waals surface area contributed by atoms with E-state index in [9.17, 15) is 8.42 Å². The van der Waals surface area contributed by atoms with Crippen LogP contribution >= 0.6 is 0 Å². The van der Waals surface area contributed by atoms with Crippen molar-refractivity contribution >= 4 is 9.84 Å². The predicted molar refractivity (Wildman–Crippen MR) is 66.5 cm³/mol. The van der Waals surface area contributed by atoms with Gasteiger partial charge in [0.1, 0.15) is 16.4 Å². The fraction of sp³-hybridized carbons (Fsp3) is 0.455. The zero-order valence-electron chi connectivity index (χ0n) is 10.8. The molecule has 102 valence electrons. The second kappa shape index (κ2) is 6.03. The molecule has 18 heavy (non-hydrogen) atoms. The van der Waals surface area contributed by atoms with Crippen LogP contribution in [0.25, 0.3) is 0 Å². The maximum Gasteiger partial charge on any atom is 0.179 e. The SMILES string of the molecule is CONCc1c(OC)ccc(OC)c1S(C)(=O)=O. The maximum atomic E-state index is 11.9. The molecule has 0 aromatic heterocycles. The number of hydroxylamine groups is 1. The predicted octanol–water partition coefficient (Wildman–Crippen LogP) is 0.758. The molecule has 6 nitrogen and oxygen atoms in total. The summed E-state index contributed by atoms with van der Waals surface area (Å²) in [4.78, 5) is 4.85. The van der Waals surface area contributed by atoms with Crippen LogP contribution in [0.15, 0.2) is 17.0 Å². The Morgan fingerprint density at radius 2 is 1.67 bits per heavy atom. The molecule has 0 fully saturated rings. The fourth-order valence-corrected chi connectivity index (χ4v) is 2.80. The van der Waals surface area contributed by atoms with E-state index < -0.39 is 9.84 Å². The smallest absolute Gasteiger partial charge is 0.179 e. The van der Waals surface area contributed by atoms with E-state index in [-0.39, 0.29) is 17.2 Å². The Bertz CT molecular complexity index is 512. The van der Waals surface area contributed by atoms with E-state index in [4.69, 9.17) is 14.3 Å². The maximum absolute atomic E-state index is 11.9. The zero-order valence-corrected chi connectivity index (χ0v) is 11.6. The van der Waals surface area contributed by atoms with Crippen molar-refractivity contribution in [3.8, 4) is 11.5 Å². The molecule has 0 aliphatic rings. The van der Waals surface area contributed by atoms with Crippen LogP contribution in [0.1, 0.15) is 5.56 Å². The lowest BCUT2D eigenvalue weighted by Gasteiger charge is -2.16. The molecule has 0 saturated heterocycles. The molecule has 1 N–H and O–H groups in total. The van der Waals surface area contributed by atoms with E-state index in [0.29, 0.717) is 11.3 Å². The summed E-state index contributed by atoms with van der Waals surface area (Å²) < 4.78 is 34.0. The molecule has 0 amide bonds. The number of methoxy groups -OCH3 is 2. The van der Waals surface area contributed by atoms with Crippen molar-refractivity contribution in [2.45, 2.75) is 11.4 Å². The van der Waals surface area contributed by atoms with Crippen molar-refractivity contribution < 1.29 is 22.7 Å². The van der Waals surface area contributed by atoms with Gasteiger partial charge >= 0.3 is 0 Å². The van der Waals surface area contributed by atoms with Crippen molar-refractivity contribution in [2.24, 2.45) is 0 Å². The molecule has 0 spiro atoms. The Morgan fingerprint density at radius 1 is 1.11 bits per heavy atom. The van der Waals surface area contributed by atoms with Crippen molar-refractivity contribution in [1.82, 2.24) is 5.48 Å². The molecule has 1 rings (SSSR count). The lowest BCUT2D eigenvalue weighted by molar-refractivity contribution is 0.0854. The largest absolute Gasteiger partial charge is 0.496 e. The molecule has 0 saturated carbocycles. The van der Waals surface area contributed by atoms with E-state index in [1.54, 1.807) is 12.1 Å². The summed E-state index contributed by atoms with van der Waals surface area (Å²) in [6.07, 6.45) is 1.13. The normalized spacial score (nSPS) is 11.3. The Balaban J connectivity index is 3.48. The van der Waals surface area contributed by atoms with Gasteiger partial charge in [0.05, 0.1) is 27.9 Å². The topological polar surface area (TPSA) is 73.9 Å². The van der Waals surface area contributed by atoms with Crippen molar-refractivity contribution in [1.29, 1.82) is 0 Å². The lowest BCUT2D eigenvalue weighted by Crippen LogP contribution is -2.16. The molecule has 0 bridgehead atoms. The monoisotopic (exact) mass is 275 g/mol. The summed E-state index contributed by atoms with van der Waals surface area (Å²) >= 11 is 0. The van der Waals surface area contributed by atoms with Gasteiger partial charge in [0.2, 0.25) is 0 Å². The molecule has 0 heterocycles. The summed E-state index contributed by atoms with van der Waals surface area (Å²) in [6, 6.07) is 3.21. The fourth-order valence-electron chi connectivity index (χ4n) is 1.66. The standard InChI is InChI=1S/C11H17NO5S/c1-15-9-5-6-10(16-2)11(18(4,13)14)8(9)7-12-17-3/h5-6,12H,7H2,1-4H3. The summed E-state index contributed by atoms with van der Waals surface area (Å²) in [7, 11) is 0.908. The third-order valence-electron chi connectivity index (χ3n) is 2.39. The summed E-state index contributed by atoms with van der Waals surface area (Å²) in [5.74, 6) is 0.743. The van der Waals surface area contributed by atoms with E-state index >= 15 is 0 Å². The highest BCUT2D eigenvalue weighted by molar-refractivity contribution is 7.90. The van der Waals surface area contributed by atoms with Gasteiger partial charge in [-0.05, 0) is 12.1 Å². The van der Waals surface area contributed by atoms with Crippen LogP contribution in [-0.2, 0) is 21.2 Å². The Kier molecular flexibility index (Phi) is 4.94. The highest BCUT2D eigenvalue weighted by Gasteiger charge is 2.22. The first-order valence-corrected chi connectivity index (χ1v) is 7.04. The molecular weight excluding hydrogens is 258 g/mol. The number of hydrogen-bond acceptors (Lipinski definition) is 6. The second-order valence-electron chi connectivity index (χ2n) is 3.58. The number of hydrogen-bond donors (Lipinski definition) is 1. The van der Waals surface area contributed by atoms with E-state index in [0.717, 1.165) is 6.26 Å². The molecule has 7 heteroatoms. The van der Waals surface area contributed by atoms with Crippen LogP contribution in [0, 0.1) is 0 Å². The van der Waals surface area contributed by atoms with Crippen LogP contribution in [0.5, 0.6) is 11.5 Å². The van der Waals surface area contributed by atoms with Gasteiger partial charge in [0.15, 0.2) is 9.84 Å². The number of nitrogens with one attached hydrogen (secondary N) is 1. The summed E-state index contributed by atoms with van der Waals surface area (Å²) in [6.45, 7) is 0.194. The third kappa shape index (κ3) is 3.12. The number of ether oxygens (including phenoxy) is 2. The molecule has 1 aromatic carbocycles.